The number of nitrogens with one attached hydrogen (secondary N) is 1. The third-order valence-electron chi connectivity index (χ3n) is 15.9. The van der Waals surface area contributed by atoms with E-state index < -0.39 is 86.8 Å². The van der Waals surface area contributed by atoms with E-state index in [2.05, 4.69) is 31.3 Å². The quantitative estimate of drug-likeness (QED) is 0.0204. The molecule has 0 aromatic rings. The van der Waals surface area contributed by atoms with Crippen LogP contribution in [0.5, 0.6) is 0 Å². The molecule has 14 heteroatoms. The molecule has 2 aliphatic heterocycles. The molecule has 2 aliphatic rings. The Morgan fingerprint density at radius 3 is 1.23 bits per heavy atom. The van der Waals surface area contributed by atoms with Crippen molar-refractivity contribution in [3.63, 3.8) is 0 Å². The predicted molar refractivity (Wildman–Crippen MR) is 309 cm³/mol. The van der Waals surface area contributed by atoms with Crippen molar-refractivity contribution in [3.8, 4) is 0 Å². The average Bonchev–Trinajstić information content (AvgIpc) is 3.44. The highest BCUT2D eigenvalue weighted by atomic mass is 16.7. The van der Waals surface area contributed by atoms with Crippen LogP contribution in [-0.2, 0) is 23.7 Å². The Balaban J connectivity index is 1.69. The molecule has 0 radical (unpaired) electrons. The minimum Gasteiger partial charge on any atom is -0.394 e. The van der Waals surface area contributed by atoms with Crippen LogP contribution >= 0.6 is 0 Å². The van der Waals surface area contributed by atoms with Crippen LogP contribution in [0.3, 0.4) is 0 Å². The number of carbonyl (C=O) groups is 1. The lowest BCUT2D eigenvalue weighted by molar-refractivity contribution is -0.359. The molecule has 454 valence electrons. The first kappa shape index (κ1) is 71.6. The second-order valence-corrected chi connectivity index (χ2v) is 22.9. The molecule has 12 unspecified atom stereocenters. The van der Waals surface area contributed by atoms with Gasteiger partial charge in [-0.15, -0.1) is 0 Å². The Morgan fingerprint density at radius 1 is 0.455 bits per heavy atom. The van der Waals surface area contributed by atoms with Gasteiger partial charge in [-0.05, 0) is 44.9 Å². The molecule has 2 heterocycles. The summed E-state index contributed by atoms with van der Waals surface area (Å²) in [5.41, 5.74) is 0. The Labute approximate surface area is 468 Å². The highest BCUT2D eigenvalue weighted by Crippen LogP contribution is 2.30. The van der Waals surface area contributed by atoms with Crippen molar-refractivity contribution in [1.82, 2.24) is 5.32 Å². The largest absolute Gasteiger partial charge is 0.394 e. The number of hydrogen-bond donors (Lipinski definition) is 9. The maximum absolute atomic E-state index is 13.2. The molecule has 0 aromatic heterocycles. The van der Waals surface area contributed by atoms with E-state index in [1.165, 1.54) is 193 Å². The van der Waals surface area contributed by atoms with Gasteiger partial charge in [-0.25, -0.2) is 0 Å². The summed E-state index contributed by atoms with van der Waals surface area (Å²) in [5, 5.41) is 87.1. The molecule has 0 saturated carbocycles. The fraction of sp³-hybridized carbons (Fsp3) is 0.921. The van der Waals surface area contributed by atoms with Crippen LogP contribution in [0.4, 0.5) is 0 Å². The predicted octanol–water partition coefficient (Wildman–Crippen LogP) is 11.6. The number of allylic oxidation sites excluding steroid dienone is 3. The van der Waals surface area contributed by atoms with Crippen molar-refractivity contribution in [3.05, 3.63) is 24.3 Å². The van der Waals surface area contributed by atoms with E-state index in [9.17, 15) is 45.6 Å². The van der Waals surface area contributed by atoms with Gasteiger partial charge in [0.05, 0.1) is 32.0 Å². The maximum Gasteiger partial charge on any atom is 0.220 e. The zero-order valence-corrected chi connectivity index (χ0v) is 49.0. The molecule has 12 atom stereocenters. The topological polar surface area (TPSA) is 228 Å². The van der Waals surface area contributed by atoms with Gasteiger partial charge >= 0.3 is 0 Å². The van der Waals surface area contributed by atoms with E-state index >= 15 is 0 Å². The summed E-state index contributed by atoms with van der Waals surface area (Å²) >= 11 is 0. The van der Waals surface area contributed by atoms with Crippen LogP contribution in [0, 0.1) is 0 Å². The summed E-state index contributed by atoms with van der Waals surface area (Å²) in [6.45, 7) is 2.81. The first-order valence-corrected chi connectivity index (χ1v) is 32.1. The lowest BCUT2D eigenvalue weighted by atomic mass is 9.97. The number of ether oxygens (including phenoxy) is 4. The number of aliphatic hydroxyl groups is 8. The zero-order valence-electron chi connectivity index (χ0n) is 49.0. The van der Waals surface area contributed by atoms with Crippen LogP contribution in [0.1, 0.15) is 277 Å². The molecule has 0 aromatic carbocycles. The Morgan fingerprint density at radius 2 is 0.818 bits per heavy atom. The highest BCUT2D eigenvalue weighted by molar-refractivity contribution is 5.76. The maximum atomic E-state index is 13.2. The number of hydrogen-bond acceptors (Lipinski definition) is 13. The first-order chi connectivity index (χ1) is 37.6. The van der Waals surface area contributed by atoms with Gasteiger partial charge in [0.15, 0.2) is 12.6 Å². The third kappa shape index (κ3) is 34.5. The van der Waals surface area contributed by atoms with Gasteiger partial charge in [-0.1, -0.05) is 250 Å². The minimum absolute atomic E-state index is 0.245. The molecule has 2 rings (SSSR count). The van der Waals surface area contributed by atoms with E-state index in [-0.39, 0.29) is 18.9 Å². The molecular weight excluding hydrogens is 979 g/mol. The number of unbranched alkanes of at least 4 members (excludes halogenated alkanes) is 37. The summed E-state index contributed by atoms with van der Waals surface area (Å²) in [6, 6.07) is -0.917. The Kier molecular flexibility index (Phi) is 45.7. The molecule has 0 aliphatic carbocycles. The summed E-state index contributed by atoms with van der Waals surface area (Å²) in [4.78, 5) is 13.2. The molecule has 2 fully saturated rings. The van der Waals surface area contributed by atoms with Crippen molar-refractivity contribution < 1.29 is 64.6 Å². The van der Waals surface area contributed by atoms with Crippen molar-refractivity contribution in [2.24, 2.45) is 0 Å². The molecule has 2 saturated heterocycles. The van der Waals surface area contributed by atoms with E-state index in [1.54, 1.807) is 6.08 Å². The van der Waals surface area contributed by atoms with Crippen molar-refractivity contribution in [2.45, 2.75) is 351 Å². The third-order valence-corrected chi connectivity index (χ3v) is 15.9. The fourth-order valence-corrected chi connectivity index (χ4v) is 10.7. The van der Waals surface area contributed by atoms with Gasteiger partial charge in [0.1, 0.15) is 48.8 Å². The molecule has 1 amide bonds. The standard InChI is InChI=1S/C63H119NO13/c1-3-5-7-9-11-13-15-17-19-20-21-22-23-24-25-26-27-28-29-30-31-32-33-34-36-38-40-42-44-46-52(67)51(64-55(68)47-45-43-41-39-37-35-18-16-14-12-10-8-6-4-2)50-74-62-60(73)58(71)61(54(49-66)76-62)77-63-59(72)57(70)56(69)53(48-65)75-63/h16,18,44,46,51-54,56-63,65-67,69-73H,3-15,17,19-43,45,47-50H2,1-2H3,(H,64,68)/b18-16-,46-44+. The van der Waals surface area contributed by atoms with Gasteiger partial charge < -0.3 is 65.1 Å². The number of aliphatic hydroxyl groups excluding tert-OH is 8. The van der Waals surface area contributed by atoms with Gasteiger partial charge in [0.2, 0.25) is 5.91 Å². The molecule has 0 spiro atoms. The van der Waals surface area contributed by atoms with Crippen LogP contribution in [-0.4, -0.2) is 140 Å². The van der Waals surface area contributed by atoms with Crippen LogP contribution in [0.25, 0.3) is 0 Å². The fourth-order valence-electron chi connectivity index (χ4n) is 10.7. The smallest absolute Gasteiger partial charge is 0.220 e. The molecular formula is C63H119NO13. The van der Waals surface area contributed by atoms with Crippen LogP contribution < -0.4 is 5.32 Å². The molecule has 0 bridgehead atoms. The molecule has 9 N–H and O–H groups in total. The van der Waals surface area contributed by atoms with Crippen molar-refractivity contribution in [1.29, 1.82) is 0 Å². The minimum atomic E-state index is -1.79. The number of rotatable bonds is 52. The van der Waals surface area contributed by atoms with E-state index in [0.717, 1.165) is 57.8 Å². The number of amides is 1. The molecule has 14 nitrogen and oxygen atoms in total. The first-order valence-electron chi connectivity index (χ1n) is 32.1. The number of carbonyl (C=O) groups excluding carboxylic acids is 1. The Hall–Kier alpha value is -1.53. The van der Waals surface area contributed by atoms with E-state index in [1.807, 2.05) is 6.08 Å². The normalized spacial score (nSPS) is 24.8. The highest BCUT2D eigenvalue weighted by Gasteiger charge is 2.51. The summed E-state index contributed by atoms with van der Waals surface area (Å²) in [7, 11) is 0. The average molecular weight is 1100 g/mol. The zero-order chi connectivity index (χ0) is 56.0. The Bertz CT molecular complexity index is 1390. The second kappa shape index (κ2) is 49.1. The molecule has 77 heavy (non-hydrogen) atoms. The van der Waals surface area contributed by atoms with Gasteiger partial charge in [-0.3, -0.25) is 4.79 Å². The monoisotopic (exact) mass is 1100 g/mol. The summed E-state index contributed by atoms with van der Waals surface area (Å²) in [6.07, 6.45) is 42.4. The summed E-state index contributed by atoms with van der Waals surface area (Å²) in [5.74, 6) is -0.245. The lowest BCUT2D eigenvalue weighted by Gasteiger charge is -2.46. The van der Waals surface area contributed by atoms with Gasteiger partial charge in [0.25, 0.3) is 0 Å². The van der Waals surface area contributed by atoms with E-state index in [4.69, 9.17) is 18.9 Å². The summed E-state index contributed by atoms with van der Waals surface area (Å²) < 4.78 is 22.8. The van der Waals surface area contributed by atoms with Crippen LogP contribution in [0.15, 0.2) is 24.3 Å². The second-order valence-electron chi connectivity index (χ2n) is 22.9. The lowest BCUT2D eigenvalue weighted by Crippen LogP contribution is -2.65. The van der Waals surface area contributed by atoms with Gasteiger partial charge in [-0.2, -0.15) is 0 Å². The van der Waals surface area contributed by atoms with Crippen molar-refractivity contribution >= 4 is 5.91 Å². The van der Waals surface area contributed by atoms with Crippen molar-refractivity contribution in [2.75, 3.05) is 19.8 Å². The van der Waals surface area contributed by atoms with Crippen LogP contribution in [0.2, 0.25) is 0 Å². The SMILES string of the molecule is CCCCCCC/C=C\CCCCCCCC(=O)NC(COC1OC(CO)C(OC2OC(CO)C(O)C(O)C2O)C(O)C1O)C(O)/C=C/CCCCCCCCCCCCCCCCCCCCCCCCCCCCC. The van der Waals surface area contributed by atoms with Gasteiger partial charge in [0, 0.05) is 6.42 Å². The van der Waals surface area contributed by atoms with E-state index in [0.29, 0.717) is 6.42 Å².